The maximum absolute atomic E-state index is 12.6. The number of carbonyl (C=O) groups excluding carboxylic acids is 2. The van der Waals surface area contributed by atoms with Crippen LogP contribution in [0.2, 0.25) is 0 Å². The van der Waals surface area contributed by atoms with Gasteiger partial charge >= 0.3 is 0 Å². The topological polar surface area (TPSA) is 81.7 Å². The highest BCUT2D eigenvalue weighted by atomic mass is 16.1. The molecule has 154 valence electrons. The van der Waals surface area contributed by atoms with Gasteiger partial charge in [0.1, 0.15) is 0 Å². The molecule has 1 fully saturated rings. The molecule has 0 radical (unpaired) electrons. The minimum absolute atomic E-state index is 0.235. The lowest BCUT2D eigenvalue weighted by Gasteiger charge is -2.32. The van der Waals surface area contributed by atoms with Gasteiger partial charge in [0.2, 0.25) is 12.4 Å². The molecule has 2 heterocycles. The number of benzene rings is 1. The number of aromatic nitrogens is 2. The minimum atomic E-state index is -0.235. The van der Waals surface area contributed by atoms with Gasteiger partial charge < -0.3 is 20.0 Å². The molecule has 1 N–H and O–H groups in total. The van der Waals surface area contributed by atoms with Crippen LogP contribution in [-0.2, 0) is 4.79 Å². The molecule has 1 saturated heterocycles. The molecule has 1 aliphatic heterocycles. The summed E-state index contributed by atoms with van der Waals surface area (Å²) in [5.41, 5.74) is 3.34. The van der Waals surface area contributed by atoms with Gasteiger partial charge in [-0.3, -0.25) is 9.59 Å². The summed E-state index contributed by atoms with van der Waals surface area (Å²) in [6, 6.07) is 6.04. The zero-order chi connectivity index (χ0) is 20.8. The van der Waals surface area contributed by atoms with E-state index in [1.165, 1.54) is 0 Å². The third-order valence-electron chi connectivity index (χ3n) is 5.23. The van der Waals surface area contributed by atoms with Crippen LogP contribution in [0.25, 0.3) is 0 Å². The first kappa shape index (κ1) is 20.6. The van der Waals surface area contributed by atoms with E-state index in [4.69, 9.17) is 0 Å². The molecule has 2 amide bonds. The fraction of sp³-hybridized carbons (Fsp3) is 0.429. The second kappa shape index (κ2) is 9.36. The van der Waals surface area contributed by atoms with Crippen LogP contribution < -0.4 is 15.1 Å². The Morgan fingerprint density at radius 3 is 2.34 bits per heavy atom. The summed E-state index contributed by atoms with van der Waals surface area (Å²) in [7, 11) is 0. The fourth-order valence-corrected chi connectivity index (χ4v) is 3.40. The third kappa shape index (κ3) is 4.82. The largest absolute Gasteiger partial charge is 0.372 e. The van der Waals surface area contributed by atoms with Crippen LogP contribution in [-0.4, -0.2) is 66.5 Å². The number of anilines is 3. The number of piperazine rings is 1. The second-order valence-electron chi connectivity index (χ2n) is 7.03. The third-order valence-corrected chi connectivity index (χ3v) is 5.23. The van der Waals surface area contributed by atoms with E-state index in [2.05, 4.69) is 40.1 Å². The number of rotatable bonds is 7. The first-order valence-corrected chi connectivity index (χ1v) is 9.99. The van der Waals surface area contributed by atoms with Gasteiger partial charge in [-0.15, -0.1) is 0 Å². The van der Waals surface area contributed by atoms with Crippen molar-refractivity contribution >= 4 is 29.6 Å². The van der Waals surface area contributed by atoms with E-state index in [9.17, 15) is 9.59 Å². The van der Waals surface area contributed by atoms with E-state index in [1.807, 2.05) is 24.0 Å². The van der Waals surface area contributed by atoms with Crippen molar-refractivity contribution in [3.8, 4) is 0 Å². The number of hydrogen-bond donors (Lipinski definition) is 1. The first-order valence-electron chi connectivity index (χ1n) is 9.99. The Labute approximate surface area is 171 Å². The van der Waals surface area contributed by atoms with Gasteiger partial charge in [0.25, 0.3) is 5.91 Å². The average molecular weight is 396 g/mol. The molecular weight excluding hydrogens is 368 g/mol. The van der Waals surface area contributed by atoms with Gasteiger partial charge in [0.05, 0.1) is 5.56 Å². The van der Waals surface area contributed by atoms with Crippen molar-refractivity contribution in [3.05, 3.63) is 41.7 Å². The molecule has 0 bridgehead atoms. The Hall–Kier alpha value is -3.16. The van der Waals surface area contributed by atoms with Crippen LogP contribution in [0.15, 0.2) is 30.6 Å². The minimum Gasteiger partial charge on any atom is -0.372 e. The molecule has 1 aromatic carbocycles. The molecule has 29 heavy (non-hydrogen) atoms. The Balaban J connectivity index is 1.64. The van der Waals surface area contributed by atoms with E-state index < -0.39 is 0 Å². The Bertz CT molecular complexity index is 843. The molecule has 8 nitrogen and oxygen atoms in total. The van der Waals surface area contributed by atoms with Crippen LogP contribution in [0.1, 0.15) is 29.8 Å². The predicted octanol–water partition coefficient (Wildman–Crippen LogP) is 2.16. The highest BCUT2D eigenvalue weighted by Gasteiger charge is 2.18. The van der Waals surface area contributed by atoms with E-state index >= 15 is 0 Å². The van der Waals surface area contributed by atoms with Crippen LogP contribution in [0.5, 0.6) is 0 Å². The summed E-state index contributed by atoms with van der Waals surface area (Å²) in [5, 5.41) is 2.94. The molecule has 0 saturated carbocycles. The number of nitrogens with one attached hydrogen (secondary N) is 1. The molecule has 1 aliphatic rings. The molecule has 0 spiro atoms. The highest BCUT2D eigenvalue weighted by Crippen LogP contribution is 2.23. The molecule has 3 rings (SSSR count). The van der Waals surface area contributed by atoms with Gasteiger partial charge in [0, 0.05) is 63.0 Å². The van der Waals surface area contributed by atoms with Crippen molar-refractivity contribution in [2.45, 2.75) is 20.8 Å². The van der Waals surface area contributed by atoms with Gasteiger partial charge in [-0.2, -0.15) is 0 Å². The second-order valence-corrected chi connectivity index (χ2v) is 7.03. The zero-order valence-corrected chi connectivity index (χ0v) is 17.3. The van der Waals surface area contributed by atoms with Crippen molar-refractivity contribution < 1.29 is 9.59 Å². The molecule has 1 aromatic heterocycles. The average Bonchev–Trinajstić information content (AvgIpc) is 2.76. The van der Waals surface area contributed by atoms with E-state index in [0.29, 0.717) is 37.7 Å². The van der Waals surface area contributed by atoms with Crippen LogP contribution >= 0.6 is 0 Å². The van der Waals surface area contributed by atoms with E-state index in [0.717, 1.165) is 36.4 Å². The molecule has 0 unspecified atom stereocenters. The summed E-state index contributed by atoms with van der Waals surface area (Å²) in [6.07, 6.45) is 3.95. The number of aryl methyl sites for hydroxylation is 1. The summed E-state index contributed by atoms with van der Waals surface area (Å²) in [4.78, 5) is 38.1. The fourth-order valence-electron chi connectivity index (χ4n) is 3.40. The summed E-state index contributed by atoms with van der Waals surface area (Å²) in [5.74, 6) is 0.341. The lowest BCUT2D eigenvalue weighted by atomic mass is 10.1. The van der Waals surface area contributed by atoms with Crippen molar-refractivity contribution in [2.24, 2.45) is 0 Å². The predicted molar refractivity (Wildman–Crippen MR) is 115 cm³/mol. The zero-order valence-electron chi connectivity index (χ0n) is 17.3. The standard InChI is InChI=1S/C21H28N6O2/c1-4-26(5-2)18-6-7-19(16(3)12-18)24-20(29)17-13-22-21(23-14-17)27-10-8-25(15-28)9-11-27/h6-7,12-15H,4-5,8-11H2,1-3H3,(H,24,29). The van der Waals surface area contributed by atoms with Crippen molar-refractivity contribution in [2.75, 3.05) is 54.4 Å². The SMILES string of the molecule is CCN(CC)c1ccc(NC(=O)c2cnc(N3CCN(C=O)CC3)nc2)c(C)c1. The van der Waals surface area contributed by atoms with Crippen molar-refractivity contribution in [1.82, 2.24) is 14.9 Å². The molecule has 8 heteroatoms. The maximum atomic E-state index is 12.6. The van der Waals surface area contributed by atoms with Gasteiger partial charge in [0.15, 0.2) is 0 Å². The van der Waals surface area contributed by atoms with E-state index in [1.54, 1.807) is 17.3 Å². The quantitative estimate of drug-likeness (QED) is 0.723. The number of amides is 2. The first-order chi connectivity index (χ1) is 14.0. The normalized spacial score (nSPS) is 13.9. The molecule has 2 aromatic rings. The summed E-state index contributed by atoms with van der Waals surface area (Å²) in [6.45, 7) is 10.8. The summed E-state index contributed by atoms with van der Waals surface area (Å²) >= 11 is 0. The lowest BCUT2D eigenvalue weighted by molar-refractivity contribution is -0.118. The van der Waals surface area contributed by atoms with Crippen molar-refractivity contribution in [1.29, 1.82) is 0 Å². The van der Waals surface area contributed by atoms with Crippen LogP contribution in [0, 0.1) is 6.92 Å². The maximum Gasteiger partial charge on any atom is 0.258 e. The molecule has 0 aliphatic carbocycles. The van der Waals surface area contributed by atoms with E-state index in [-0.39, 0.29) is 5.91 Å². The molecule has 0 atom stereocenters. The summed E-state index contributed by atoms with van der Waals surface area (Å²) < 4.78 is 0. The Morgan fingerprint density at radius 2 is 1.79 bits per heavy atom. The number of carbonyl (C=O) groups is 2. The molecular formula is C21H28N6O2. The smallest absolute Gasteiger partial charge is 0.258 e. The highest BCUT2D eigenvalue weighted by molar-refractivity contribution is 6.04. The number of nitrogens with zero attached hydrogens (tertiary/aromatic N) is 5. The van der Waals surface area contributed by atoms with Crippen LogP contribution in [0.3, 0.4) is 0 Å². The van der Waals surface area contributed by atoms with Gasteiger partial charge in [-0.05, 0) is 44.5 Å². The monoisotopic (exact) mass is 396 g/mol. The van der Waals surface area contributed by atoms with Gasteiger partial charge in [-0.25, -0.2) is 9.97 Å². The van der Waals surface area contributed by atoms with Crippen LogP contribution in [0.4, 0.5) is 17.3 Å². The number of hydrogen-bond acceptors (Lipinski definition) is 6. The lowest BCUT2D eigenvalue weighted by Crippen LogP contribution is -2.46. The Morgan fingerprint density at radius 1 is 1.14 bits per heavy atom. The van der Waals surface area contributed by atoms with Gasteiger partial charge in [-0.1, -0.05) is 0 Å². The van der Waals surface area contributed by atoms with Crippen molar-refractivity contribution in [3.63, 3.8) is 0 Å². The Kier molecular flexibility index (Phi) is 6.64.